The quantitative estimate of drug-likeness (QED) is 0.446. The second kappa shape index (κ2) is 10.9. The second-order valence-electron chi connectivity index (χ2n) is 10.6. The number of rotatable bonds is 6. The Balaban J connectivity index is 1.39. The number of aryl methyl sites for hydroxylation is 1. The summed E-state index contributed by atoms with van der Waals surface area (Å²) in [4.78, 5) is 32.9. The standard InChI is InChI=1S/C27H32F3N5O3S/c1-14-6-7-16-22(31)23(39-25(16)33-14)24(36)32-9-8-15-10-18(29)20(11-17(15)28)35-12-19(30)21(13-35)34(5)26(37)38-27(2,3)4/h6-7,10-11,19,21H,8-9,12-13,31H2,1-5H3,(H,32,36)/t19-,21-/m0/s1. The molecular formula is C27H32F3N5O3S. The lowest BCUT2D eigenvalue weighted by Gasteiger charge is -2.29. The number of nitrogens with zero attached hydrogens (tertiary/aromatic N) is 3. The average Bonchev–Trinajstić information content (AvgIpc) is 3.38. The van der Waals surface area contributed by atoms with E-state index in [1.54, 1.807) is 20.8 Å². The molecule has 1 aliphatic rings. The van der Waals surface area contributed by atoms with E-state index in [1.165, 1.54) is 23.3 Å². The number of carbonyl (C=O) groups is 2. The monoisotopic (exact) mass is 563 g/mol. The summed E-state index contributed by atoms with van der Waals surface area (Å²) in [7, 11) is 1.42. The molecule has 2 aromatic heterocycles. The maximum absolute atomic E-state index is 15.0. The first kappa shape index (κ1) is 28.5. The van der Waals surface area contributed by atoms with Crippen molar-refractivity contribution >= 4 is 44.9 Å². The number of thiophene rings is 1. The maximum Gasteiger partial charge on any atom is 0.410 e. The van der Waals surface area contributed by atoms with Crippen LogP contribution in [-0.2, 0) is 11.2 Å². The van der Waals surface area contributed by atoms with E-state index in [0.29, 0.717) is 20.8 Å². The highest BCUT2D eigenvalue weighted by Crippen LogP contribution is 2.33. The molecule has 3 N–H and O–H groups in total. The number of aromatic nitrogens is 1. The lowest BCUT2D eigenvalue weighted by atomic mass is 10.1. The van der Waals surface area contributed by atoms with Gasteiger partial charge in [0.1, 0.15) is 33.1 Å². The highest BCUT2D eigenvalue weighted by Gasteiger charge is 2.40. The van der Waals surface area contributed by atoms with Gasteiger partial charge in [-0.2, -0.15) is 0 Å². The van der Waals surface area contributed by atoms with Crippen LogP contribution in [0.15, 0.2) is 24.3 Å². The number of alkyl halides is 1. The van der Waals surface area contributed by atoms with Crippen LogP contribution in [0.3, 0.4) is 0 Å². The van der Waals surface area contributed by atoms with E-state index >= 15 is 4.39 Å². The van der Waals surface area contributed by atoms with Crippen LogP contribution in [0.2, 0.25) is 0 Å². The maximum atomic E-state index is 15.0. The molecule has 2 atom stereocenters. The predicted octanol–water partition coefficient (Wildman–Crippen LogP) is 4.83. The van der Waals surface area contributed by atoms with Crippen molar-refractivity contribution in [3.63, 3.8) is 0 Å². The van der Waals surface area contributed by atoms with Gasteiger partial charge in [0.05, 0.1) is 24.0 Å². The lowest BCUT2D eigenvalue weighted by molar-refractivity contribution is 0.0183. The summed E-state index contributed by atoms with van der Waals surface area (Å²) >= 11 is 1.17. The first-order chi connectivity index (χ1) is 18.2. The van der Waals surface area contributed by atoms with Gasteiger partial charge < -0.3 is 25.6 Å². The third-order valence-electron chi connectivity index (χ3n) is 6.47. The van der Waals surface area contributed by atoms with Gasteiger partial charge in [-0.05, 0) is 57.9 Å². The SMILES string of the molecule is Cc1ccc2c(N)c(C(=O)NCCc3cc(F)c(N4C[C@H](F)[C@@H](N(C)C(=O)OC(C)(C)C)C4)cc3F)sc2n1. The molecule has 0 aliphatic carbocycles. The first-order valence-corrected chi connectivity index (χ1v) is 13.3. The largest absolute Gasteiger partial charge is 0.444 e. The van der Waals surface area contributed by atoms with Gasteiger partial charge in [-0.25, -0.2) is 22.9 Å². The molecule has 8 nitrogen and oxygen atoms in total. The van der Waals surface area contributed by atoms with Crippen molar-refractivity contribution in [3.05, 3.63) is 52.0 Å². The highest BCUT2D eigenvalue weighted by molar-refractivity contribution is 7.21. The van der Waals surface area contributed by atoms with Crippen molar-refractivity contribution in [2.24, 2.45) is 0 Å². The number of likely N-dealkylation sites (N-methyl/N-ethyl adjacent to an activating group) is 1. The normalized spacial score (nSPS) is 17.5. The molecular weight excluding hydrogens is 531 g/mol. The molecule has 210 valence electrons. The van der Waals surface area contributed by atoms with Gasteiger partial charge in [0.2, 0.25) is 0 Å². The van der Waals surface area contributed by atoms with Gasteiger partial charge in [-0.1, -0.05) is 0 Å². The first-order valence-electron chi connectivity index (χ1n) is 12.5. The van der Waals surface area contributed by atoms with Crippen LogP contribution in [-0.4, -0.2) is 66.4 Å². The van der Waals surface area contributed by atoms with E-state index in [1.807, 2.05) is 19.1 Å². The smallest absolute Gasteiger partial charge is 0.410 e. The molecule has 1 aromatic carbocycles. The number of anilines is 2. The van der Waals surface area contributed by atoms with E-state index in [0.717, 1.165) is 22.7 Å². The number of fused-ring (bicyclic) bond motifs is 1. The number of hydrogen-bond acceptors (Lipinski definition) is 7. The topological polar surface area (TPSA) is 101 Å². The molecule has 0 radical (unpaired) electrons. The average molecular weight is 564 g/mol. The van der Waals surface area contributed by atoms with Crippen molar-refractivity contribution < 1.29 is 27.5 Å². The molecule has 3 heterocycles. The Morgan fingerprint density at radius 2 is 1.95 bits per heavy atom. The number of amides is 2. The molecule has 1 aliphatic heterocycles. The number of halogens is 3. The fourth-order valence-corrected chi connectivity index (χ4v) is 5.49. The number of hydrogen-bond donors (Lipinski definition) is 2. The Hall–Kier alpha value is -3.54. The van der Waals surface area contributed by atoms with Gasteiger partial charge in [0.15, 0.2) is 0 Å². The Morgan fingerprint density at radius 1 is 1.23 bits per heavy atom. The molecule has 3 aromatic rings. The third-order valence-corrected chi connectivity index (χ3v) is 7.59. The molecule has 1 saturated heterocycles. The van der Waals surface area contributed by atoms with Gasteiger partial charge in [-0.15, -0.1) is 11.3 Å². The van der Waals surface area contributed by atoms with Crippen LogP contribution in [0.4, 0.5) is 29.3 Å². The van der Waals surface area contributed by atoms with Crippen molar-refractivity contribution in [2.75, 3.05) is 37.3 Å². The molecule has 0 spiro atoms. The summed E-state index contributed by atoms with van der Waals surface area (Å²) in [5, 5.41) is 3.39. The summed E-state index contributed by atoms with van der Waals surface area (Å²) in [6.45, 7) is 6.78. The molecule has 1 fully saturated rings. The Morgan fingerprint density at radius 3 is 2.64 bits per heavy atom. The molecule has 0 bridgehead atoms. The fraction of sp³-hybridized carbons (Fsp3) is 0.444. The van der Waals surface area contributed by atoms with Gasteiger partial charge in [0, 0.05) is 37.3 Å². The molecule has 0 saturated carbocycles. The van der Waals surface area contributed by atoms with Gasteiger partial charge >= 0.3 is 6.09 Å². The van der Waals surface area contributed by atoms with Crippen LogP contribution in [0.25, 0.3) is 10.2 Å². The minimum Gasteiger partial charge on any atom is -0.444 e. The molecule has 0 unspecified atom stereocenters. The zero-order valence-electron chi connectivity index (χ0n) is 22.5. The lowest BCUT2D eigenvalue weighted by Crippen LogP contribution is -2.45. The summed E-state index contributed by atoms with van der Waals surface area (Å²) < 4.78 is 50.1. The van der Waals surface area contributed by atoms with E-state index in [4.69, 9.17) is 10.5 Å². The Bertz CT molecular complexity index is 1410. The van der Waals surface area contributed by atoms with Crippen LogP contribution in [0.1, 0.15) is 41.7 Å². The van der Waals surface area contributed by atoms with E-state index < -0.39 is 41.4 Å². The second-order valence-corrected chi connectivity index (χ2v) is 11.6. The molecule has 4 rings (SSSR count). The zero-order chi connectivity index (χ0) is 28.6. The molecule has 12 heteroatoms. The molecule has 2 amide bonds. The van der Waals surface area contributed by atoms with E-state index in [9.17, 15) is 18.4 Å². The summed E-state index contributed by atoms with van der Waals surface area (Å²) in [6.07, 6.45) is -2.13. The van der Waals surface area contributed by atoms with Crippen LogP contribution in [0, 0.1) is 18.6 Å². The van der Waals surface area contributed by atoms with Gasteiger partial charge in [-0.3, -0.25) is 4.79 Å². The zero-order valence-corrected chi connectivity index (χ0v) is 23.3. The minimum atomic E-state index is -1.47. The molecule has 39 heavy (non-hydrogen) atoms. The number of nitrogens with one attached hydrogen (secondary N) is 1. The van der Waals surface area contributed by atoms with E-state index in [-0.39, 0.29) is 37.3 Å². The Kier molecular flexibility index (Phi) is 7.97. The Labute approximate surface area is 228 Å². The van der Waals surface area contributed by atoms with Crippen molar-refractivity contribution in [2.45, 2.75) is 51.9 Å². The number of nitrogen functional groups attached to an aromatic ring is 1. The number of carbonyl (C=O) groups excluding carboxylic acids is 2. The summed E-state index contributed by atoms with van der Waals surface area (Å²) in [5.74, 6) is -1.82. The summed E-state index contributed by atoms with van der Waals surface area (Å²) in [5.41, 5.74) is 6.47. The predicted molar refractivity (Wildman–Crippen MR) is 146 cm³/mol. The number of pyridine rings is 1. The number of ether oxygens (including phenoxy) is 1. The fourth-order valence-electron chi connectivity index (χ4n) is 4.44. The number of benzene rings is 1. The van der Waals surface area contributed by atoms with Crippen LogP contribution in [0.5, 0.6) is 0 Å². The van der Waals surface area contributed by atoms with Crippen LogP contribution < -0.4 is 16.0 Å². The minimum absolute atomic E-state index is 0.0202. The summed E-state index contributed by atoms with van der Waals surface area (Å²) in [6, 6.07) is 4.81. The van der Waals surface area contributed by atoms with E-state index in [2.05, 4.69) is 10.3 Å². The third kappa shape index (κ3) is 6.21. The number of nitrogens with two attached hydrogens (primary N) is 1. The van der Waals surface area contributed by atoms with Crippen LogP contribution >= 0.6 is 11.3 Å². The van der Waals surface area contributed by atoms with Crippen molar-refractivity contribution in [1.82, 2.24) is 15.2 Å². The van der Waals surface area contributed by atoms with Gasteiger partial charge in [0.25, 0.3) is 5.91 Å². The van der Waals surface area contributed by atoms with Crippen molar-refractivity contribution in [1.29, 1.82) is 0 Å². The van der Waals surface area contributed by atoms with Crippen molar-refractivity contribution in [3.8, 4) is 0 Å². The highest BCUT2D eigenvalue weighted by atomic mass is 32.1.